The lowest BCUT2D eigenvalue weighted by Gasteiger charge is -2.09. The first-order valence-electron chi connectivity index (χ1n) is 2.94. The highest BCUT2D eigenvalue weighted by Crippen LogP contribution is 2.43. The van der Waals surface area contributed by atoms with Crippen molar-refractivity contribution in [2.45, 2.75) is 6.92 Å². The first-order valence-corrected chi connectivity index (χ1v) is 6.49. The Morgan fingerprint density at radius 1 is 0.833 bits per heavy atom. The second kappa shape index (κ2) is 4.30. The monoisotopic (exact) mass is 438 g/mol. The minimum Gasteiger partial charge on any atom is -0.0818 e. The van der Waals surface area contributed by atoms with Crippen LogP contribution in [0, 0.1) is 6.92 Å². The minimum absolute atomic E-state index is 0.666. The fourth-order valence-electron chi connectivity index (χ4n) is 0.715. The van der Waals surface area contributed by atoms with Crippen LogP contribution in [0.3, 0.4) is 0 Å². The second-order valence-corrected chi connectivity index (χ2v) is 5.74. The zero-order valence-corrected chi connectivity index (χ0v) is 13.0. The first kappa shape index (κ1) is 11.5. The first-order chi connectivity index (χ1) is 5.46. The summed E-state index contributed by atoms with van der Waals surface area (Å²) in [5, 5.41) is 0.666. The fourth-order valence-corrected chi connectivity index (χ4v) is 3.45. The highest BCUT2D eigenvalue weighted by Gasteiger charge is 2.14. The van der Waals surface area contributed by atoms with Gasteiger partial charge < -0.3 is 0 Å². The lowest BCUT2D eigenvalue weighted by atomic mass is 10.2. The second-order valence-electron chi connectivity index (χ2n) is 2.19. The molecule has 0 radical (unpaired) electrons. The van der Waals surface area contributed by atoms with Crippen LogP contribution in [-0.2, 0) is 0 Å². The molecule has 0 aromatic heterocycles. The van der Waals surface area contributed by atoms with Crippen molar-refractivity contribution in [2.75, 3.05) is 0 Å². The summed E-state index contributed by atoms with van der Waals surface area (Å²) in [6.07, 6.45) is 0. The summed E-state index contributed by atoms with van der Waals surface area (Å²) in [4.78, 5) is 0. The zero-order chi connectivity index (χ0) is 9.46. The maximum Gasteiger partial charge on any atom is 0.0713 e. The molecule has 0 unspecified atom stereocenters. The Bertz CT molecular complexity index is 230. The van der Waals surface area contributed by atoms with Crippen LogP contribution in [0.5, 0.6) is 0 Å². The lowest BCUT2D eigenvalue weighted by Crippen LogP contribution is -1.84. The van der Waals surface area contributed by atoms with Crippen molar-refractivity contribution in [1.82, 2.24) is 0 Å². The Kier molecular flexibility index (Phi) is 4.12. The number of hydrogen-bond acceptors (Lipinski definition) is 0. The molecule has 0 aliphatic carbocycles. The summed E-state index contributed by atoms with van der Waals surface area (Å²) < 4.78 is 3.69. The molecule has 12 heavy (non-hydrogen) atoms. The Labute approximate surface area is 110 Å². The third kappa shape index (κ3) is 1.92. The molecule has 5 heteroatoms. The van der Waals surface area contributed by atoms with Gasteiger partial charge in [-0.1, -0.05) is 11.6 Å². The van der Waals surface area contributed by atoms with Crippen LogP contribution < -0.4 is 0 Å². The van der Waals surface area contributed by atoms with Gasteiger partial charge in [0.15, 0.2) is 0 Å². The van der Waals surface area contributed by atoms with Gasteiger partial charge in [-0.3, -0.25) is 0 Å². The number of halogens is 5. The average Bonchev–Trinajstić information content (AvgIpc) is 2.08. The smallest absolute Gasteiger partial charge is 0.0713 e. The molecular formula is C7H3Br4Cl. The predicted octanol–water partition coefficient (Wildman–Crippen LogP) is 5.70. The van der Waals surface area contributed by atoms with Crippen LogP contribution in [0.1, 0.15) is 5.56 Å². The number of rotatable bonds is 0. The summed E-state index contributed by atoms with van der Waals surface area (Å²) in [6, 6.07) is 0. The van der Waals surface area contributed by atoms with E-state index in [4.69, 9.17) is 11.6 Å². The van der Waals surface area contributed by atoms with Gasteiger partial charge in [0.05, 0.1) is 14.0 Å². The molecular weight excluding hydrogens is 439 g/mol. The van der Waals surface area contributed by atoms with E-state index in [1.807, 2.05) is 6.92 Å². The number of benzene rings is 1. The van der Waals surface area contributed by atoms with Crippen LogP contribution in [0.4, 0.5) is 0 Å². The third-order valence-electron chi connectivity index (χ3n) is 1.43. The van der Waals surface area contributed by atoms with Gasteiger partial charge in [-0.15, -0.1) is 0 Å². The van der Waals surface area contributed by atoms with E-state index >= 15 is 0 Å². The highest BCUT2D eigenvalue weighted by atomic mass is 79.9. The molecule has 1 aromatic rings. The van der Waals surface area contributed by atoms with Gasteiger partial charge in [0.25, 0.3) is 0 Å². The SMILES string of the molecule is Cc1c(Br)c(Br)c(Cl)c(Br)c1Br. The Balaban J connectivity index is 3.60. The molecule has 0 bridgehead atoms. The van der Waals surface area contributed by atoms with Crippen molar-refractivity contribution in [1.29, 1.82) is 0 Å². The average molecular weight is 442 g/mol. The molecule has 0 aliphatic rings. The molecule has 0 N–H and O–H groups in total. The van der Waals surface area contributed by atoms with Crippen molar-refractivity contribution in [3.63, 3.8) is 0 Å². The van der Waals surface area contributed by atoms with E-state index in [2.05, 4.69) is 63.7 Å². The standard InChI is InChI=1S/C7H3Br4Cl/c1-2-3(8)5(10)7(12)6(11)4(2)9/h1H3. The van der Waals surface area contributed by atoms with Crippen molar-refractivity contribution in [2.24, 2.45) is 0 Å². The predicted molar refractivity (Wildman–Crippen MR) is 67.0 cm³/mol. The molecule has 0 amide bonds. The van der Waals surface area contributed by atoms with Gasteiger partial charge in [0.2, 0.25) is 0 Å². The topological polar surface area (TPSA) is 0 Å². The van der Waals surface area contributed by atoms with Crippen molar-refractivity contribution in [3.8, 4) is 0 Å². The molecule has 0 saturated carbocycles. The van der Waals surface area contributed by atoms with E-state index in [-0.39, 0.29) is 0 Å². The van der Waals surface area contributed by atoms with E-state index < -0.39 is 0 Å². The molecule has 0 nitrogen and oxygen atoms in total. The molecule has 0 spiro atoms. The minimum atomic E-state index is 0.666. The maximum atomic E-state index is 6.01. The van der Waals surface area contributed by atoms with E-state index in [1.54, 1.807) is 0 Å². The van der Waals surface area contributed by atoms with Crippen LogP contribution in [0.2, 0.25) is 5.02 Å². The van der Waals surface area contributed by atoms with Crippen molar-refractivity contribution < 1.29 is 0 Å². The van der Waals surface area contributed by atoms with Gasteiger partial charge in [-0.25, -0.2) is 0 Å². The quantitative estimate of drug-likeness (QED) is 0.358. The van der Waals surface area contributed by atoms with Gasteiger partial charge in [0, 0.05) is 8.95 Å². The maximum absolute atomic E-state index is 6.01. The van der Waals surface area contributed by atoms with Crippen molar-refractivity contribution in [3.05, 3.63) is 28.5 Å². The van der Waals surface area contributed by atoms with Gasteiger partial charge in [0.1, 0.15) is 0 Å². The third-order valence-corrected chi connectivity index (χ3v) is 6.90. The lowest BCUT2D eigenvalue weighted by molar-refractivity contribution is 1.35. The zero-order valence-electron chi connectivity index (χ0n) is 5.89. The van der Waals surface area contributed by atoms with E-state index in [0.29, 0.717) is 5.02 Å². The Morgan fingerprint density at radius 3 is 1.50 bits per heavy atom. The van der Waals surface area contributed by atoms with E-state index in [9.17, 15) is 0 Å². The Morgan fingerprint density at radius 2 is 1.17 bits per heavy atom. The van der Waals surface area contributed by atoms with Crippen LogP contribution in [-0.4, -0.2) is 0 Å². The summed E-state index contributed by atoms with van der Waals surface area (Å²) in [5.74, 6) is 0. The fraction of sp³-hybridized carbons (Fsp3) is 0.143. The molecule has 66 valence electrons. The van der Waals surface area contributed by atoms with Crippen LogP contribution >= 0.6 is 75.3 Å². The molecule has 0 fully saturated rings. The largest absolute Gasteiger partial charge is 0.0818 e. The summed E-state index contributed by atoms with van der Waals surface area (Å²) in [5.41, 5.74) is 1.11. The van der Waals surface area contributed by atoms with E-state index in [0.717, 1.165) is 23.5 Å². The summed E-state index contributed by atoms with van der Waals surface area (Å²) in [7, 11) is 0. The van der Waals surface area contributed by atoms with Gasteiger partial charge in [-0.05, 0) is 76.2 Å². The number of hydrogen-bond donors (Lipinski definition) is 0. The molecule has 0 saturated heterocycles. The molecule has 0 heterocycles. The normalized spacial score (nSPS) is 10.5. The van der Waals surface area contributed by atoms with Crippen molar-refractivity contribution >= 4 is 75.3 Å². The van der Waals surface area contributed by atoms with Gasteiger partial charge in [-0.2, -0.15) is 0 Å². The molecule has 1 aromatic carbocycles. The van der Waals surface area contributed by atoms with Crippen LogP contribution in [0.15, 0.2) is 17.9 Å². The summed E-state index contributed by atoms with van der Waals surface area (Å²) in [6.45, 7) is 2.00. The summed E-state index contributed by atoms with van der Waals surface area (Å²) >= 11 is 19.6. The highest BCUT2D eigenvalue weighted by molar-refractivity contribution is 9.14. The molecule has 0 aliphatic heterocycles. The van der Waals surface area contributed by atoms with Crippen LogP contribution in [0.25, 0.3) is 0 Å². The molecule has 1 rings (SSSR count). The molecule has 0 atom stereocenters. The Hall–Kier alpha value is 1.43. The van der Waals surface area contributed by atoms with Gasteiger partial charge >= 0.3 is 0 Å². The van der Waals surface area contributed by atoms with E-state index in [1.165, 1.54) is 0 Å².